The predicted octanol–water partition coefficient (Wildman–Crippen LogP) is 5.08. The van der Waals surface area contributed by atoms with Gasteiger partial charge < -0.3 is 9.80 Å². The number of fused-ring (bicyclic) bond motifs is 1. The number of halogens is 1. The van der Waals surface area contributed by atoms with E-state index in [4.69, 9.17) is 11.6 Å². The van der Waals surface area contributed by atoms with E-state index in [1.807, 2.05) is 67.3 Å². The monoisotopic (exact) mass is 608 g/mol. The van der Waals surface area contributed by atoms with Crippen LogP contribution in [-0.4, -0.2) is 75.7 Å². The molecule has 1 fully saturated rings. The first-order valence-corrected chi connectivity index (χ1v) is 17.0. The van der Waals surface area contributed by atoms with Gasteiger partial charge in [0, 0.05) is 50.8 Å². The maximum atomic E-state index is 14.2. The molecule has 0 N–H and O–H groups in total. The first-order valence-electron chi connectivity index (χ1n) is 14.8. The second-order valence-corrected chi connectivity index (χ2v) is 14.2. The van der Waals surface area contributed by atoms with Gasteiger partial charge in [0.1, 0.15) is 0 Å². The van der Waals surface area contributed by atoms with Crippen molar-refractivity contribution >= 4 is 38.9 Å². The first kappa shape index (κ1) is 30.4. The number of piperazine rings is 1. The third kappa shape index (κ3) is 7.10. The largest absolute Gasteiger partial charge is 0.366 e. The molecule has 0 spiro atoms. The number of carbonyl (C=O) groups excluding carboxylic acids is 1. The highest BCUT2D eigenvalue weighted by atomic mass is 35.5. The fraction of sp³-hybridized carbons (Fsp3) is 0.424. The minimum absolute atomic E-state index is 0.148. The Kier molecular flexibility index (Phi) is 9.45. The van der Waals surface area contributed by atoms with Gasteiger partial charge in [-0.3, -0.25) is 14.0 Å². The lowest BCUT2D eigenvalue weighted by Gasteiger charge is -2.42. The molecule has 3 aromatic rings. The summed E-state index contributed by atoms with van der Waals surface area (Å²) in [6.45, 7) is 8.49. The predicted molar refractivity (Wildman–Crippen MR) is 172 cm³/mol. The number of rotatable bonds is 9. The van der Waals surface area contributed by atoms with E-state index >= 15 is 0 Å². The Balaban J connectivity index is 1.34. The molecular weight excluding hydrogens is 568 g/mol. The van der Waals surface area contributed by atoms with Gasteiger partial charge in [0.25, 0.3) is 0 Å². The molecule has 0 aliphatic carbocycles. The standard InChI is InChI=1S/C33H41ClN4O3S/c1-25(2)23-38(42(3,40)41)31-11-7-6-10-30(31)35-18-20-36(21-19-35)33(39)32(22-26-12-14-29(34)15-13-26)37-17-16-27-8-4-5-9-28(27)24-37/h4-15,25,32H,16-24H2,1-3H3/t32-/m1/s1. The number of para-hydroxylation sites is 2. The summed E-state index contributed by atoms with van der Waals surface area (Å²) in [5.41, 5.74) is 5.33. The minimum atomic E-state index is -3.45. The van der Waals surface area contributed by atoms with E-state index in [-0.39, 0.29) is 17.9 Å². The average Bonchev–Trinajstić information content (AvgIpc) is 2.98. The van der Waals surface area contributed by atoms with Crippen molar-refractivity contribution in [1.82, 2.24) is 9.80 Å². The van der Waals surface area contributed by atoms with Crippen molar-refractivity contribution in [2.24, 2.45) is 5.92 Å². The molecule has 1 amide bonds. The van der Waals surface area contributed by atoms with Crippen LogP contribution in [0.4, 0.5) is 11.4 Å². The summed E-state index contributed by atoms with van der Waals surface area (Å²) < 4.78 is 27.0. The van der Waals surface area contributed by atoms with Gasteiger partial charge in [-0.1, -0.05) is 74.0 Å². The highest BCUT2D eigenvalue weighted by Crippen LogP contribution is 2.33. The van der Waals surface area contributed by atoms with Crippen molar-refractivity contribution in [2.75, 3.05) is 54.7 Å². The number of anilines is 2. The lowest BCUT2D eigenvalue weighted by molar-refractivity contribution is -0.137. The second kappa shape index (κ2) is 13.1. The molecule has 0 aromatic heterocycles. The number of benzene rings is 3. The van der Waals surface area contributed by atoms with Crippen LogP contribution in [0, 0.1) is 5.92 Å². The summed E-state index contributed by atoms with van der Waals surface area (Å²) in [5.74, 6) is 0.330. The van der Waals surface area contributed by atoms with Crippen LogP contribution in [0.1, 0.15) is 30.5 Å². The summed E-state index contributed by atoms with van der Waals surface area (Å²) in [7, 11) is -3.45. The maximum absolute atomic E-state index is 14.2. The third-order valence-corrected chi connectivity index (χ3v) is 9.64. The third-order valence-electron chi connectivity index (χ3n) is 8.24. The molecule has 7 nitrogen and oxygen atoms in total. The van der Waals surface area contributed by atoms with E-state index in [1.165, 1.54) is 21.7 Å². The Morgan fingerprint density at radius 1 is 0.881 bits per heavy atom. The van der Waals surface area contributed by atoms with E-state index < -0.39 is 10.0 Å². The Morgan fingerprint density at radius 2 is 1.52 bits per heavy atom. The zero-order valence-electron chi connectivity index (χ0n) is 24.7. The highest BCUT2D eigenvalue weighted by molar-refractivity contribution is 7.92. The molecule has 2 heterocycles. The molecule has 0 saturated carbocycles. The van der Waals surface area contributed by atoms with Gasteiger partial charge in [-0.05, 0) is 59.7 Å². The molecule has 0 bridgehead atoms. The van der Waals surface area contributed by atoms with Crippen LogP contribution in [0.25, 0.3) is 0 Å². The molecule has 1 saturated heterocycles. The van der Waals surface area contributed by atoms with E-state index in [0.29, 0.717) is 49.9 Å². The van der Waals surface area contributed by atoms with Crippen molar-refractivity contribution in [2.45, 2.75) is 39.3 Å². The molecule has 2 aliphatic heterocycles. The summed E-state index contributed by atoms with van der Waals surface area (Å²) in [4.78, 5) is 20.7. The van der Waals surface area contributed by atoms with Crippen LogP contribution in [0.3, 0.4) is 0 Å². The van der Waals surface area contributed by atoms with Gasteiger partial charge in [-0.25, -0.2) is 8.42 Å². The van der Waals surface area contributed by atoms with Crippen molar-refractivity contribution in [3.8, 4) is 0 Å². The van der Waals surface area contributed by atoms with Crippen LogP contribution in [0.2, 0.25) is 5.02 Å². The van der Waals surface area contributed by atoms with Crippen molar-refractivity contribution in [1.29, 1.82) is 0 Å². The molecule has 224 valence electrons. The molecule has 42 heavy (non-hydrogen) atoms. The van der Waals surface area contributed by atoms with Crippen LogP contribution < -0.4 is 9.21 Å². The SMILES string of the molecule is CC(C)CN(c1ccccc1N1CCN(C(=O)[C@@H](Cc2ccc(Cl)cc2)N2CCc3ccccc3C2)CC1)S(C)(=O)=O. The van der Waals surface area contributed by atoms with Gasteiger partial charge in [-0.2, -0.15) is 0 Å². The Morgan fingerprint density at radius 3 is 2.19 bits per heavy atom. The van der Waals surface area contributed by atoms with E-state index in [1.54, 1.807) is 0 Å². The lowest BCUT2D eigenvalue weighted by atomic mass is 9.95. The molecule has 1 atom stereocenters. The van der Waals surface area contributed by atoms with Gasteiger partial charge in [0.2, 0.25) is 15.9 Å². The number of sulfonamides is 1. The van der Waals surface area contributed by atoms with Gasteiger partial charge in [0.05, 0.1) is 23.7 Å². The highest BCUT2D eigenvalue weighted by Gasteiger charge is 2.34. The summed E-state index contributed by atoms with van der Waals surface area (Å²) in [6, 6.07) is 23.7. The fourth-order valence-corrected chi connectivity index (χ4v) is 7.27. The number of hydrogen-bond acceptors (Lipinski definition) is 5. The Labute approximate surface area is 255 Å². The van der Waals surface area contributed by atoms with Gasteiger partial charge in [0.15, 0.2) is 0 Å². The summed E-state index contributed by atoms with van der Waals surface area (Å²) >= 11 is 6.16. The normalized spacial score (nSPS) is 16.8. The zero-order chi connectivity index (χ0) is 29.9. The second-order valence-electron chi connectivity index (χ2n) is 11.8. The maximum Gasteiger partial charge on any atom is 0.240 e. The number of amides is 1. The average molecular weight is 609 g/mol. The molecule has 9 heteroatoms. The molecule has 0 radical (unpaired) electrons. The van der Waals surface area contributed by atoms with Crippen molar-refractivity contribution in [3.05, 3.63) is 94.5 Å². The van der Waals surface area contributed by atoms with Crippen LogP contribution in [0.5, 0.6) is 0 Å². The molecule has 2 aliphatic rings. The van der Waals surface area contributed by atoms with E-state index in [9.17, 15) is 13.2 Å². The topological polar surface area (TPSA) is 64.2 Å². The molecule has 3 aromatic carbocycles. The number of hydrogen-bond donors (Lipinski definition) is 0. The smallest absolute Gasteiger partial charge is 0.240 e. The minimum Gasteiger partial charge on any atom is -0.366 e. The van der Waals surface area contributed by atoms with Crippen LogP contribution in [-0.2, 0) is 34.2 Å². The summed E-state index contributed by atoms with van der Waals surface area (Å²) in [6.07, 6.45) is 2.82. The molecule has 5 rings (SSSR count). The van der Waals surface area contributed by atoms with E-state index in [2.05, 4.69) is 34.1 Å². The van der Waals surface area contributed by atoms with Crippen LogP contribution in [0.15, 0.2) is 72.8 Å². The van der Waals surface area contributed by atoms with Gasteiger partial charge in [-0.15, -0.1) is 0 Å². The Bertz CT molecular complexity index is 1490. The van der Waals surface area contributed by atoms with Crippen molar-refractivity contribution in [3.63, 3.8) is 0 Å². The number of nitrogens with zero attached hydrogens (tertiary/aromatic N) is 4. The van der Waals surface area contributed by atoms with Crippen molar-refractivity contribution < 1.29 is 13.2 Å². The molecule has 0 unspecified atom stereocenters. The zero-order valence-corrected chi connectivity index (χ0v) is 26.3. The molecular formula is C33H41ClN4O3S. The first-order chi connectivity index (χ1) is 20.1. The quantitative estimate of drug-likeness (QED) is 0.339. The number of carbonyl (C=O) groups is 1. The summed E-state index contributed by atoms with van der Waals surface area (Å²) in [5, 5.41) is 0.688. The van der Waals surface area contributed by atoms with E-state index in [0.717, 1.165) is 30.8 Å². The fourth-order valence-electron chi connectivity index (χ4n) is 6.06. The lowest BCUT2D eigenvalue weighted by Crippen LogP contribution is -2.56. The Hall–Kier alpha value is -3.07. The van der Waals surface area contributed by atoms with Crippen LogP contribution >= 0.6 is 11.6 Å². The van der Waals surface area contributed by atoms with Gasteiger partial charge >= 0.3 is 0 Å².